The van der Waals surface area contributed by atoms with Crippen molar-refractivity contribution >= 4 is 35.2 Å². The predicted octanol–water partition coefficient (Wildman–Crippen LogP) is 5.04. The van der Waals surface area contributed by atoms with E-state index in [0.29, 0.717) is 23.6 Å². The first-order valence-electron chi connectivity index (χ1n) is 9.97. The molecule has 30 heavy (non-hydrogen) atoms. The van der Waals surface area contributed by atoms with Crippen LogP contribution in [-0.2, 0) is 21.9 Å². The minimum absolute atomic E-state index is 0.0159. The van der Waals surface area contributed by atoms with Crippen molar-refractivity contribution in [2.24, 2.45) is 0 Å². The highest BCUT2D eigenvalue weighted by molar-refractivity contribution is 7.99. The fourth-order valence-corrected chi connectivity index (χ4v) is 4.32. The van der Waals surface area contributed by atoms with Crippen molar-refractivity contribution in [1.29, 1.82) is 0 Å². The zero-order valence-corrected chi connectivity index (χ0v) is 19.1. The summed E-state index contributed by atoms with van der Waals surface area (Å²) in [6.45, 7) is 6.01. The average molecular weight is 451 g/mol. The summed E-state index contributed by atoms with van der Waals surface area (Å²) in [6, 6.07) is 13.5. The third kappa shape index (κ3) is 7.03. The summed E-state index contributed by atoms with van der Waals surface area (Å²) in [5.74, 6) is -0.304. The Bertz CT molecular complexity index is 828. The minimum atomic E-state index is -0.572. The lowest BCUT2D eigenvalue weighted by Gasteiger charge is -2.31. The van der Waals surface area contributed by atoms with Gasteiger partial charge in [0.15, 0.2) is 0 Å². The van der Waals surface area contributed by atoms with Gasteiger partial charge in [-0.2, -0.15) is 0 Å². The van der Waals surface area contributed by atoms with Crippen LogP contribution in [0.4, 0.5) is 4.39 Å². The monoisotopic (exact) mass is 450 g/mol. The molecule has 7 heteroatoms. The smallest absolute Gasteiger partial charge is 0.243 e. The molecule has 0 bridgehead atoms. The van der Waals surface area contributed by atoms with E-state index in [2.05, 4.69) is 5.32 Å². The highest BCUT2D eigenvalue weighted by atomic mass is 35.5. The van der Waals surface area contributed by atoms with Gasteiger partial charge >= 0.3 is 0 Å². The van der Waals surface area contributed by atoms with Gasteiger partial charge in [0.05, 0.1) is 5.75 Å². The maximum Gasteiger partial charge on any atom is 0.243 e. The Morgan fingerprint density at radius 3 is 2.43 bits per heavy atom. The molecule has 0 spiro atoms. The molecule has 2 rings (SSSR count). The number of amides is 2. The molecule has 0 fully saturated rings. The summed E-state index contributed by atoms with van der Waals surface area (Å²) < 4.78 is 14.0. The number of nitrogens with zero attached hydrogens (tertiary/aromatic N) is 1. The first-order chi connectivity index (χ1) is 14.3. The third-order valence-corrected chi connectivity index (χ3v) is 5.84. The number of hydrogen-bond acceptors (Lipinski definition) is 3. The van der Waals surface area contributed by atoms with Gasteiger partial charge in [-0.3, -0.25) is 9.59 Å². The summed E-state index contributed by atoms with van der Waals surface area (Å²) in [7, 11) is 0. The highest BCUT2D eigenvalue weighted by Gasteiger charge is 2.28. The Labute approximate surface area is 187 Å². The van der Waals surface area contributed by atoms with Crippen molar-refractivity contribution < 1.29 is 14.0 Å². The molecule has 2 aromatic rings. The largest absolute Gasteiger partial charge is 0.352 e. The second-order valence-electron chi connectivity index (χ2n) is 7.29. The van der Waals surface area contributed by atoms with Crippen LogP contribution in [0.25, 0.3) is 0 Å². The number of benzene rings is 2. The van der Waals surface area contributed by atoms with Crippen LogP contribution in [0.3, 0.4) is 0 Å². The zero-order valence-electron chi connectivity index (χ0n) is 17.5. The third-order valence-electron chi connectivity index (χ3n) is 4.55. The predicted molar refractivity (Wildman–Crippen MR) is 122 cm³/mol. The summed E-state index contributed by atoms with van der Waals surface area (Å²) >= 11 is 7.36. The molecule has 0 aliphatic carbocycles. The highest BCUT2D eigenvalue weighted by Crippen LogP contribution is 2.24. The van der Waals surface area contributed by atoms with Gasteiger partial charge in [0.2, 0.25) is 11.8 Å². The molecular weight excluding hydrogens is 423 g/mol. The summed E-state index contributed by atoms with van der Waals surface area (Å²) in [4.78, 5) is 27.4. The van der Waals surface area contributed by atoms with Crippen LogP contribution in [0, 0.1) is 5.82 Å². The summed E-state index contributed by atoms with van der Waals surface area (Å²) in [5, 5.41) is 3.25. The van der Waals surface area contributed by atoms with Gasteiger partial charge in [-0.15, -0.1) is 11.8 Å². The fourth-order valence-electron chi connectivity index (χ4n) is 3.07. The van der Waals surface area contributed by atoms with Gasteiger partial charge in [-0.05, 0) is 38.0 Å². The van der Waals surface area contributed by atoms with Crippen LogP contribution in [-0.4, -0.2) is 34.6 Å². The Balaban J connectivity index is 2.13. The van der Waals surface area contributed by atoms with E-state index < -0.39 is 6.04 Å². The molecule has 1 atom stereocenters. The molecule has 0 saturated carbocycles. The maximum absolute atomic E-state index is 14.0. The normalized spacial score (nSPS) is 11.9. The van der Waals surface area contributed by atoms with Crippen molar-refractivity contribution in [1.82, 2.24) is 10.2 Å². The van der Waals surface area contributed by atoms with Crippen LogP contribution in [0.5, 0.6) is 0 Å². The van der Waals surface area contributed by atoms with E-state index in [1.807, 2.05) is 51.1 Å². The van der Waals surface area contributed by atoms with Crippen LogP contribution >= 0.6 is 23.4 Å². The molecule has 4 nitrogen and oxygen atoms in total. The van der Waals surface area contributed by atoms with Crippen LogP contribution in [0.15, 0.2) is 48.5 Å². The van der Waals surface area contributed by atoms with Crippen molar-refractivity contribution in [2.45, 2.75) is 51.6 Å². The number of hydrogen-bond donors (Lipinski definition) is 1. The minimum Gasteiger partial charge on any atom is -0.352 e. The number of rotatable bonds is 10. The quantitative estimate of drug-likeness (QED) is 0.551. The fraction of sp³-hybridized carbons (Fsp3) is 0.391. The van der Waals surface area contributed by atoms with Crippen LogP contribution < -0.4 is 5.32 Å². The molecule has 0 radical (unpaired) electrons. The topological polar surface area (TPSA) is 49.4 Å². The van der Waals surface area contributed by atoms with Gasteiger partial charge < -0.3 is 10.2 Å². The lowest BCUT2D eigenvalue weighted by atomic mass is 10.1. The summed E-state index contributed by atoms with van der Waals surface area (Å²) in [6.07, 6.45) is 0.501. The van der Waals surface area contributed by atoms with Gasteiger partial charge in [-0.1, -0.05) is 54.9 Å². The van der Waals surface area contributed by atoms with E-state index in [1.165, 1.54) is 17.8 Å². The molecule has 2 amide bonds. The van der Waals surface area contributed by atoms with Crippen LogP contribution in [0.1, 0.15) is 38.3 Å². The molecule has 0 saturated heterocycles. The number of halogens is 2. The molecule has 0 aromatic heterocycles. The zero-order chi connectivity index (χ0) is 22.1. The van der Waals surface area contributed by atoms with E-state index in [1.54, 1.807) is 17.0 Å². The van der Waals surface area contributed by atoms with E-state index in [9.17, 15) is 14.0 Å². The molecule has 0 unspecified atom stereocenters. The Morgan fingerprint density at radius 1 is 1.13 bits per heavy atom. The Morgan fingerprint density at radius 2 is 1.83 bits per heavy atom. The van der Waals surface area contributed by atoms with Crippen molar-refractivity contribution in [3.63, 3.8) is 0 Å². The first-order valence-corrected chi connectivity index (χ1v) is 11.5. The molecule has 162 valence electrons. The van der Waals surface area contributed by atoms with Crippen molar-refractivity contribution in [2.75, 3.05) is 5.75 Å². The molecule has 0 heterocycles. The number of thioether (sulfide) groups is 1. The first kappa shape index (κ1) is 24.2. The Kier molecular flexibility index (Phi) is 9.66. The van der Waals surface area contributed by atoms with Gasteiger partial charge in [0.25, 0.3) is 0 Å². The number of carbonyl (C=O) groups excluding carboxylic acids is 2. The number of carbonyl (C=O) groups is 2. The lowest BCUT2D eigenvalue weighted by molar-refractivity contribution is -0.139. The SMILES string of the molecule is CC[C@@H](C(=O)NC(C)C)N(Cc1ccccc1)C(=O)CSCc1c(F)cccc1Cl. The number of nitrogens with one attached hydrogen (secondary N) is 1. The lowest BCUT2D eigenvalue weighted by Crippen LogP contribution is -2.50. The molecule has 2 aromatic carbocycles. The van der Waals surface area contributed by atoms with E-state index in [4.69, 9.17) is 11.6 Å². The van der Waals surface area contributed by atoms with Gasteiger partial charge in [0.1, 0.15) is 11.9 Å². The van der Waals surface area contributed by atoms with Crippen LogP contribution in [0.2, 0.25) is 5.02 Å². The molecular formula is C23H28ClFN2O2S. The summed E-state index contributed by atoms with van der Waals surface area (Å²) in [5.41, 5.74) is 1.33. The molecule has 0 aliphatic rings. The van der Waals surface area contributed by atoms with E-state index in [-0.39, 0.29) is 35.2 Å². The Hall–Kier alpha value is -2.05. The van der Waals surface area contributed by atoms with Gasteiger partial charge in [-0.25, -0.2) is 4.39 Å². The van der Waals surface area contributed by atoms with Gasteiger partial charge in [0, 0.05) is 28.9 Å². The van der Waals surface area contributed by atoms with Crippen molar-refractivity contribution in [3.8, 4) is 0 Å². The van der Waals surface area contributed by atoms with E-state index >= 15 is 0 Å². The van der Waals surface area contributed by atoms with Crippen molar-refractivity contribution in [3.05, 3.63) is 70.5 Å². The van der Waals surface area contributed by atoms with E-state index in [0.717, 1.165) is 5.56 Å². The average Bonchev–Trinajstić information content (AvgIpc) is 2.70. The molecule has 0 aliphatic heterocycles. The second-order valence-corrected chi connectivity index (χ2v) is 8.68. The standard InChI is InChI=1S/C23H28ClFN2O2S/c1-4-21(23(29)26-16(2)3)27(13-17-9-6-5-7-10-17)22(28)15-30-14-18-19(24)11-8-12-20(18)25/h5-12,16,21H,4,13-15H2,1-3H3,(H,26,29)/t21-/m0/s1. The maximum atomic E-state index is 14.0. The molecule has 1 N–H and O–H groups in total. The second kappa shape index (κ2) is 12.0.